The largest absolute Gasteiger partial charge is 0.502 e. The summed E-state index contributed by atoms with van der Waals surface area (Å²) in [5.41, 5.74) is -0.798. The van der Waals surface area contributed by atoms with Crippen LogP contribution >= 0.6 is 0 Å². The van der Waals surface area contributed by atoms with Crippen molar-refractivity contribution in [1.82, 2.24) is 0 Å². The molecule has 0 saturated heterocycles. The van der Waals surface area contributed by atoms with Gasteiger partial charge in [0.15, 0.2) is 0 Å². The van der Waals surface area contributed by atoms with E-state index in [-0.39, 0.29) is 11.1 Å². The standard InChI is InChI=1S/C14H10N4O6/c19-13-9(3-1-5-11(13)17(21)22)7-15-16-8-10-4-2-6-12(14(10)20)18(23)24/h1-8,19-20H/b15-7+,16-8+. The summed E-state index contributed by atoms with van der Waals surface area (Å²) in [6.45, 7) is 0. The summed E-state index contributed by atoms with van der Waals surface area (Å²) in [6.07, 6.45) is 2.15. The highest BCUT2D eigenvalue weighted by Crippen LogP contribution is 2.29. The number of benzene rings is 2. The van der Waals surface area contributed by atoms with E-state index < -0.39 is 32.7 Å². The van der Waals surface area contributed by atoms with E-state index in [9.17, 15) is 30.4 Å². The molecule has 24 heavy (non-hydrogen) atoms. The molecule has 10 heteroatoms. The number of hydrogen-bond acceptors (Lipinski definition) is 8. The van der Waals surface area contributed by atoms with Crippen LogP contribution in [0.25, 0.3) is 0 Å². The molecule has 0 saturated carbocycles. The van der Waals surface area contributed by atoms with Crippen molar-refractivity contribution in [3.05, 3.63) is 67.8 Å². The molecule has 0 unspecified atom stereocenters. The fourth-order valence-corrected chi connectivity index (χ4v) is 1.79. The van der Waals surface area contributed by atoms with Crippen molar-refractivity contribution in [1.29, 1.82) is 0 Å². The Bertz CT molecular complexity index is 791. The summed E-state index contributed by atoms with van der Waals surface area (Å²) >= 11 is 0. The molecule has 0 atom stereocenters. The van der Waals surface area contributed by atoms with Gasteiger partial charge in [0, 0.05) is 23.3 Å². The number of para-hydroxylation sites is 2. The van der Waals surface area contributed by atoms with Gasteiger partial charge in [-0.3, -0.25) is 20.2 Å². The molecule has 0 spiro atoms. The quantitative estimate of drug-likeness (QED) is 0.487. The first-order chi connectivity index (χ1) is 11.4. The lowest BCUT2D eigenvalue weighted by atomic mass is 10.2. The van der Waals surface area contributed by atoms with Crippen LogP contribution in [0.5, 0.6) is 11.5 Å². The zero-order valence-corrected chi connectivity index (χ0v) is 11.9. The Balaban J connectivity index is 2.23. The second-order valence-corrected chi connectivity index (χ2v) is 4.43. The molecule has 0 aliphatic heterocycles. The molecule has 0 radical (unpaired) electrons. The van der Waals surface area contributed by atoms with Crippen molar-refractivity contribution in [2.45, 2.75) is 0 Å². The van der Waals surface area contributed by atoms with Crippen LogP contribution < -0.4 is 0 Å². The minimum Gasteiger partial charge on any atom is -0.502 e. The highest BCUT2D eigenvalue weighted by atomic mass is 16.6. The molecule has 10 nitrogen and oxygen atoms in total. The third-order valence-electron chi connectivity index (χ3n) is 2.95. The summed E-state index contributed by atoms with van der Waals surface area (Å²) in [6, 6.07) is 7.80. The molecule has 2 aromatic carbocycles. The lowest BCUT2D eigenvalue weighted by molar-refractivity contribution is -0.386. The monoisotopic (exact) mass is 330 g/mol. The molecule has 0 aliphatic carbocycles. The van der Waals surface area contributed by atoms with Crippen LogP contribution in [0.4, 0.5) is 11.4 Å². The van der Waals surface area contributed by atoms with Gasteiger partial charge < -0.3 is 10.2 Å². The van der Waals surface area contributed by atoms with Gasteiger partial charge in [-0.1, -0.05) is 12.1 Å². The van der Waals surface area contributed by atoms with Crippen LogP contribution in [0.2, 0.25) is 0 Å². The van der Waals surface area contributed by atoms with Gasteiger partial charge in [0.1, 0.15) is 0 Å². The molecule has 0 bridgehead atoms. The average molecular weight is 330 g/mol. The number of aromatic hydroxyl groups is 2. The number of nitro benzene ring substituents is 2. The van der Waals surface area contributed by atoms with Crippen LogP contribution in [0.3, 0.4) is 0 Å². The predicted molar refractivity (Wildman–Crippen MR) is 84.7 cm³/mol. The van der Waals surface area contributed by atoms with E-state index in [1.807, 2.05) is 0 Å². The maximum absolute atomic E-state index is 10.7. The highest BCUT2D eigenvalue weighted by molar-refractivity contribution is 5.88. The minimum absolute atomic E-state index is 0.0737. The fraction of sp³-hybridized carbons (Fsp3) is 0. The molecule has 2 rings (SSSR count). The van der Waals surface area contributed by atoms with Crippen molar-refractivity contribution in [2.24, 2.45) is 10.2 Å². The van der Waals surface area contributed by atoms with Gasteiger partial charge in [-0.15, -0.1) is 0 Å². The maximum atomic E-state index is 10.7. The van der Waals surface area contributed by atoms with Crippen LogP contribution in [0.1, 0.15) is 11.1 Å². The molecule has 0 amide bonds. The Morgan fingerprint density at radius 3 is 1.50 bits per heavy atom. The molecule has 0 aromatic heterocycles. The number of nitrogens with zero attached hydrogens (tertiary/aromatic N) is 4. The molecule has 0 aliphatic rings. The second-order valence-electron chi connectivity index (χ2n) is 4.43. The summed E-state index contributed by atoms with van der Waals surface area (Å²) in [5, 5.41) is 48.0. The second kappa shape index (κ2) is 6.96. The van der Waals surface area contributed by atoms with Gasteiger partial charge in [-0.25, -0.2) is 0 Å². The van der Waals surface area contributed by atoms with Crippen molar-refractivity contribution in [3.63, 3.8) is 0 Å². The highest BCUT2D eigenvalue weighted by Gasteiger charge is 2.16. The van der Waals surface area contributed by atoms with Crippen molar-refractivity contribution < 1.29 is 20.1 Å². The number of rotatable bonds is 5. The molecular formula is C14H10N4O6. The van der Waals surface area contributed by atoms with Crippen LogP contribution in [-0.2, 0) is 0 Å². The normalized spacial score (nSPS) is 11.2. The molecule has 122 valence electrons. The predicted octanol–water partition coefficient (Wildman–Crippen LogP) is 2.37. The fourth-order valence-electron chi connectivity index (χ4n) is 1.79. The van der Waals surface area contributed by atoms with E-state index in [2.05, 4.69) is 10.2 Å². The van der Waals surface area contributed by atoms with Crippen LogP contribution in [-0.4, -0.2) is 32.5 Å². The average Bonchev–Trinajstić information content (AvgIpc) is 2.53. The first-order valence-corrected chi connectivity index (χ1v) is 6.41. The van der Waals surface area contributed by atoms with E-state index in [0.29, 0.717) is 0 Å². The van der Waals surface area contributed by atoms with Gasteiger partial charge in [-0.05, 0) is 12.1 Å². The molecular weight excluding hydrogens is 320 g/mol. The van der Waals surface area contributed by atoms with E-state index in [4.69, 9.17) is 0 Å². The van der Waals surface area contributed by atoms with Crippen molar-refractivity contribution in [2.75, 3.05) is 0 Å². The number of hydrogen-bond donors (Lipinski definition) is 2. The van der Waals surface area contributed by atoms with Gasteiger partial charge in [-0.2, -0.15) is 10.2 Å². The summed E-state index contributed by atoms with van der Waals surface area (Å²) in [5.74, 6) is -1.11. The molecule has 2 N–H and O–H groups in total. The Morgan fingerprint density at radius 1 is 0.792 bits per heavy atom. The van der Waals surface area contributed by atoms with Crippen molar-refractivity contribution >= 4 is 23.8 Å². The Morgan fingerprint density at radius 2 is 1.17 bits per heavy atom. The van der Waals surface area contributed by atoms with Gasteiger partial charge in [0.25, 0.3) is 0 Å². The van der Waals surface area contributed by atoms with E-state index >= 15 is 0 Å². The summed E-state index contributed by atoms with van der Waals surface area (Å²) < 4.78 is 0. The smallest absolute Gasteiger partial charge is 0.311 e. The van der Waals surface area contributed by atoms with E-state index in [0.717, 1.165) is 24.6 Å². The first kappa shape index (κ1) is 16.5. The lowest BCUT2D eigenvalue weighted by Gasteiger charge is -1.99. The third-order valence-corrected chi connectivity index (χ3v) is 2.95. The first-order valence-electron chi connectivity index (χ1n) is 6.41. The van der Waals surface area contributed by atoms with Crippen LogP contribution in [0.15, 0.2) is 46.6 Å². The third kappa shape index (κ3) is 3.50. The minimum atomic E-state index is -0.739. The number of phenolic OH excluding ortho intramolecular Hbond substituents is 2. The molecule has 0 heterocycles. The Kier molecular flexibility index (Phi) is 4.80. The SMILES string of the molecule is O=[N+]([O-])c1cccc(/C=N/N=C/c2cccc([N+](=O)[O-])c2O)c1O. The van der Waals surface area contributed by atoms with Crippen LogP contribution in [0, 0.1) is 20.2 Å². The van der Waals surface area contributed by atoms with Gasteiger partial charge in [0.2, 0.25) is 11.5 Å². The van der Waals surface area contributed by atoms with Gasteiger partial charge in [0.05, 0.1) is 22.3 Å². The number of nitro groups is 2. The number of phenols is 2. The maximum Gasteiger partial charge on any atom is 0.311 e. The van der Waals surface area contributed by atoms with Crippen molar-refractivity contribution in [3.8, 4) is 11.5 Å². The summed E-state index contributed by atoms with van der Waals surface area (Å²) in [4.78, 5) is 19.9. The molecule has 2 aromatic rings. The zero-order valence-electron chi connectivity index (χ0n) is 11.9. The van der Waals surface area contributed by atoms with E-state index in [1.54, 1.807) is 0 Å². The summed E-state index contributed by atoms with van der Waals surface area (Å²) in [7, 11) is 0. The molecule has 0 fully saturated rings. The topological polar surface area (TPSA) is 151 Å². The Labute approximate surface area is 134 Å². The lowest BCUT2D eigenvalue weighted by Crippen LogP contribution is -1.92. The zero-order chi connectivity index (χ0) is 17.7. The van der Waals surface area contributed by atoms with E-state index in [1.165, 1.54) is 24.3 Å². The van der Waals surface area contributed by atoms with Gasteiger partial charge >= 0.3 is 11.4 Å². The Hall–Kier alpha value is -3.82.